The fourth-order valence-electron chi connectivity index (χ4n) is 5.13. The van der Waals surface area contributed by atoms with Gasteiger partial charge in [-0.2, -0.15) is 0 Å². The van der Waals surface area contributed by atoms with Gasteiger partial charge >= 0.3 is 0 Å². The molecule has 2 aromatic carbocycles. The highest BCUT2D eigenvalue weighted by atomic mass is 16.5. The van der Waals surface area contributed by atoms with Gasteiger partial charge in [0.1, 0.15) is 5.60 Å². The fourth-order valence-corrected chi connectivity index (χ4v) is 5.13. The van der Waals surface area contributed by atoms with Gasteiger partial charge in [-0.25, -0.2) is 0 Å². The van der Waals surface area contributed by atoms with E-state index in [1.54, 1.807) is 7.11 Å². The number of primary amides is 1. The third-order valence-corrected chi connectivity index (χ3v) is 6.65. The van der Waals surface area contributed by atoms with Crippen LogP contribution in [-0.2, 0) is 24.1 Å². The lowest BCUT2D eigenvalue weighted by molar-refractivity contribution is -0.117. The van der Waals surface area contributed by atoms with Crippen molar-refractivity contribution in [2.24, 2.45) is 5.73 Å². The summed E-state index contributed by atoms with van der Waals surface area (Å²) in [4.78, 5) is 14.5. The molecular formula is C25H32N2O3. The molecule has 0 fully saturated rings. The molecule has 2 aliphatic heterocycles. The maximum atomic E-state index is 12.0. The second-order valence-corrected chi connectivity index (χ2v) is 9.81. The van der Waals surface area contributed by atoms with Gasteiger partial charge in [-0.05, 0) is 57.9 Å². The molecule has 5 nitrogen and oxygen atoms in total. The number of nitrogens with two attached hydrogens (primary N) is 1. The van der Waals surface area contributed by atoms with Gasteiger partial charge in [-0.15, -0.1) is 0 Å². The van der Waals surface area contributed by atoms with Crippen molar-refractivity contribution < 1.29 is 14.3 Å². The molecule has 0 radical (unpaired) electrons. The maximum Gasteiger partial charge on any atom is 0.221 e. The summed E-state index contributed by atoms with van der Waals surface area (Å²) < 4.78 is 12.2. The number of carbonyl (C=O) groups is 1. The van der Waals surface area contributed by atoms with E-state index in [0.29, 0.717) is 5.75 Å². The van der Waals surface area contributed by atoms with Gasteiger partial charge in [0.05, 0.1) is 19.6 Å². The van der Waals surface area contributed by atoms with Gasteiger partial charge in [0.15, 0.2) is 11.5 Å². The van der Waals surface area contributed by atoms with E-state index in [2.05, 4.69) is 63.9 Å². The number of amides is 1. The molecule has 160 valence electrons. The lowest BCUT2D eigenvalue weighted by Crippen LogP contribution is -2.49. The Balaban J connectivity index is 2.08. The quantitative estimate of drug-likeness (QED) is 0.836. The third-order valence-electron chi connectivity index (χ3n) is 6.65. The zero-order valence-electron chi connectivity index (χ0n) is 18.8. The molecule has 5 heteroatoms. The molecule has 1 unspecified atom stereocenters. The highest BCUT2D eigenvalue weighted by Gasteiger charge is 2.46. The van der Waals surface area contributed by atoms with Crippen LogP contribution >= 0.6 is 0 Å². The van der Waals surface area contributed by atoms with E-state index in [-0.39, 0.29) is 29.5 Å². The van der Waals surface area contributed by atoms with Gasteiger partial charge < -0.3 is 15.2 Å². The van der Waals surface area contributed by atoms with Crippen molar-refractivity contribution >= 4 is 5.91 Å². The number of hydrogen-bond donors (Lipinski definition) is 1. The van der Waals surface area contributed by atoms with E-state index in [0.717, 1.165) is 24.2 Å². The first-order valence-corrected chi connectivity index (χ1v) is 10.6. The lowest BCUT2D eigenvalue weighted by Gasteiger charge is -2.48. The Bertz CT molecular complexity index is 995. The average molecular weight is 409 g/mol. The van der Waals surface area contributed by atoms with Crippen LogP contribution < -0.4 is 15.2 Å². The third kappa shape index (κ3) is 3.25. The Morgan fingerprint density at radius 2 is 1.83 bits per heavy atom. The average Bonchev–Trinajstić information content (AvgIpc) is 2.98. The molecule has 2 aliphatic rings. The van der Waals surface area contributed by atoms with E-state index >= 15 is 0 Å². The van der Waals surface area contributed by atoms with Crippen molar-refractivity contribution in [2.75, 3.05) is 14.2 Å². The van der Waals surface area contributed by atoms with Crippen molar-refractivity contribution in [1.29, 1.82) is 0 Å². The summed E-state index contributed by atoms with van der Waals surface area (Å²) in [5.41, 5.74) is 11.0. The second kappa shape index (κ2) is 7.02. The summed E-state index contributed by atoms with van der Waals surface area (Å²) in [5, 5.41) is 0. The molecule has 1 amide bonds. The molecule has 30 heavy (non-hydrogen) atoms. The topological polar surface area (TPSA) is 64.8 Å². The fraction of sp³-hybridized carbons (Fsp3) is 0.480. The van der Waals surface area contributed by atoms with Gasteiger partial charge in [-0.1, -0.05) is 30.3 Å². The minimum atomic E-state index is -0.360. The Hall–Kier alpha value is -2.53. The number of fused-ring (bicyclic) bond motifs is 3. The van der Waals surface area contributed by atoms with Crippen molar-refractivity contribution in [3.05, 3.63) is 58.1 Å². The highest BCUT2D eigenvalue weighted by molar-refractivity contribution is 5.80. The first kappa shape index (κ1) is 20.7. The highest BCUT2D eigenvalue weighted by Crippen LogP contribution is 2.54. The van der Waals surface area contributed by atoms with Crippen molar-refractivity contribution in [2.45, 2.75) is 64.1 Å². The van der Waals surface area contributed by atoms with Crippen LogP contribution in [0.15, 0.2) is 30.3 Å². The maximum absolute atomic E-state index is 12.0. The molecular weight excluding hydrogens is 376 g/mol. The lowest BCUT2D eigenvalue weighted by atomic mass is 9.74. The van der Waals surface area contributed by atoms with Crippen LogP contribution in [0, 0.1) is 0 Å². The minimum absolute atomic E-state index is 0.0636. The van der Waals surface area contributed by atoms with E-state index in [1.807, 2.05) is 6.07 Å². The molecule has 0 aliphatic carbocycles. The second-order valence-electron chi connectivity index (χ2n) is 9.81. The number of rotatable bonds is 4. The molecule has 2 N–H and O–H groups in total. The van der Waals surface area contributed by atoms with Crippen LogP contribution in [0.3, 0.4) is 0 Å². The van der Waals surface area contributed by atoms with Crippen molar-refractivity contribution in [3.8, 4) is 11.5 Å². The number of nitrogens with zero attached hydrogens (tertiary/aromatic N) is 1. The van der Waals surface area contributed by atoms with Crippen LogP contribution in [0.4, 0.5) is 0 Å². The van der Waals surface area contributed by atoms with Crippen LogP contribution in [0.2, 0.25) is 0 Å². The number of likely N-dealkylation sites (N-methyl/N-ethyl adjacent to an activating group) is 1. The van der Waals surface area contributed by atoms with Gasteiger partial charge in [0.25, 0.3) is 0 Å². The van der Waals surface area contributed by atoms with Crippen LogP contribution in [0.1, 0.15) is 61.6 Å². The zero-order chi connectivity index (χ0) is 21.8. The first-order chi connectivity index (χ1) is 14.1. The Labute approximate surface area is 179 Å². The molecule has 2 heterocycles. The molecule has 2 aromatic rings. The summed E-state index contributed by atoms with van der Waals surface area (Å²) >= 11 is 0. The van der Waals surface area contributed by atoms with E-state index in [1.165, 1.54) is 22.3 Å². The van der Waals surface area contributed by atoms with Crippen molar-refractivity contribution in [1.82, 2.24) is 4.90 Å². The predicted molar refractivity (Wildman–Crippen MR) is 118 cm³/mol. The van der Waals surface area contributed by atoms with Crippen LogP contribution in [0.5, 0.6) is 11.5 Å². The smallest absolute Gasteiger partial charge is 0.221 e. The number of ether oxygens (including phenoxy) is 2. The van der Waals surface area contributed by atoms with Crippen LogP contribution in [-0.4, -0.2) is 36.1 Å². The first-order valence-electron chi connectivity index (χ1n) is 10.6. The summed E-state index contributed by atoms with van der Waals surface area (Å²) in [7, 11) is 3.84. The summed E-state index contributed by atoms with van der Waals surface area (Å²) in [6.07, 6.45) is 1.76. The standard InChI is InChI=1S/C25H32N2O3/c1-24(2)13-17-16(12-19(26)28)22(29-6)23-18(14-25(3,4)30-23)20(17)21(27(24)5)15-10-8-7-9-11-15/h7-11,21H,12-14H2,1-6H3,(H2,26,28). The monoisotopic (exact) mass is 408 g/mol. The minimum Gasteiger partial charge on any atom is -0.493 e. The summed E-state index contributed by atoms with van der Waals surface area (Å²) in [6, 6.07) is 10.6. The Kier molecular flexibility index (Phi) is 4.85. The van der Waals surface area contributed by atoms with E-state index in [4.69, 9.17) is 15.2 Å². The molecule has 0 bridgehead atoms. The number of methoxy groups -OCH3 is 1. The molecule has 0 saturated carbocycles. The molecule has 0 spiro atoms. The largest absolute Gasteiger partial charge is 0.493 e. The van der Waals surface area contributed by atoms with E-state index < -0.39 is 0 Å². The van der Waals surface area contributed by atoms with E-state index in [9.17, 15) is 4.79 Å². The van der Waals surface area contributed by atoms with Crippen LogP contribution in [0.25, 0.3) is 0 Å². The molecule has 1 atom stereocenters. The van der Waals surface area contributed by atoms with Gasteiger partial charge in [0, 0.05) is 23.1 Å². The Morgan fingerprint density at radius 3 is 2.43 bits per heavy atom. The number of benzene rings is 2. The summed E-state index contributed by atoms with van der Waals surface area (Å²) in [6.45, 7) is 8.70. The normalized spacial score (nSPS) is 21.5. The van der Waals surface area contributed by atoms with Crippen molar-refractivity contribution in [3.63, 3.8) is 0 Å². The Morgan fingerprint density at radius 1 is 1.17 bits per heavy atom. The summed E-state index contributed by atoms with van der Waals surface area (Å²) in [5.74, 6) is 1.08. The van der Waals surface area contributed by atoms with Gasteiger partial charge in [0.2, 0.25) is 5.91 Å². The molecule has 0 saturated heterocycles. The molecule has 4 rings (SSSR count). The number of hydrogen-bond acceptors (Lipinski definition) is 4. The van der Waals surface area contributed by atoms with Gasteiger partial charge in [-0.3, -0.25) is 9.69 Å². The zero-order valence-corrected chi connectivity index (χ0v) is 18.8. The SMILES string of the molecule is COc1c(CC(N)=O)c2c(c3c1OC(C)(C)C3)C(c1ccccc1)N(C)C(C)(C)C2. The number of carbonyl (C=O) groups excluding carboxylic acids is 1. The molecule has 0 aromatic heterocycles. The predicted octanol–water partition coefficient (Wildman–Crippen LogP) is 3.79.